The van der Waals surface area contributed by atoms with Crippen molar-refractivity contribution in [3.63, 3.8) is 0 Å². The zero-order valence-corrected chi connectivity index (χ0v) is 13.9. The predicted octanol–water partition coefficient (Wildman–Crippen LogP) is 3.41. The monoisotopic (exact) mass is 353 g/mol. The highest BCUT2D eigenvalue weighted by Crippen LogP contribution is 2.20. The number of halogens is 1. The van der Waals surface area contributed by atoms with Gasteiger partial charge in [0.1, 0.15) is 6.10 Å². The molecule has 2 atom stereocenters. The van der Waals surface area contributed by atoms with Crippen LogP contribution in [0.4, 0.5) is 5.69 Å². The minimum absolute atomic E-state index is 0.0574. The van der Waals surface area contributed by atoms with E-state index in [9.17, 15) is 9.59 Å². The van der Waals surface area contributed by atoms with Crippen LogP contribution in [0.15, 0.2) is 24.3 Å². The van der Waals surface area contributed by atoms with Crippen LogP contribution in [0.1, 0.15) is 37.0 Å². The molecule has 1 aliphatic rings. The largest absolute Gasteiger partial charge is 0.368 e. The molecule has 1 aliphatic heterocycles. The molecule has 0 spiro atoms. The zero-order valence-electron chi connectivity index (χ0n) is 12.3. The first kappa shape index (κ1) is 16.2. The molecular formula is C16H20BrNO3. The van der Waals surface area contributed by atoms with E-state index in [4.69, 9.17) is 4.74 Å². The van der Waals surface area contributed by atoms with Gasteiger partial charge in [0.25, 0.3) is 5.91 Å². The van der Waals surface area contributed by atoms with Gasteiger partial charge in [-0.25, -0.2) is 0 Å². The van der Waals surface area contributed by atoms with Crippen LogP contribution in [0.3, 0.4) is 0 Å². The van der Waals surface area contributed by atoms with Crippen LogP contribution in [-0.2, 0) is 9.53 Å². The van der Waals surface area contributed by atoms with E-state index in [-0.39, 0.29) is 28.5 Å². The number of carbonyl (C=O) groups is 2. The molecule has 1 saturated heterocycles. The van der Waals surface area contributed by atoms with Crippen LogP contribution in [-0.4, -0.2) is 29.2 Å². The van der Waals surface area contributed by atoms with E-state index in [0.717, 1.165) is 12.8 Å². The van der Waals surface area contributed by atoms with E-state index < -0.39 is 0 Å². The third-order valence-corrected chi connectivity index (χ3v) is 4.97. The van der Waals surface area contributed by atoms with Crippen LogP contribution in [0.25, 0.3) is 0 Å². The number of ketones is 1. The summed E-state index contributed by atoms with van der Waals surface area (Å²) in [4.78, 5) is 23.9. The van der Waals surface area contributed by atoms with Crippen molar-refractivity contribution in [1.29, 1.82) is 0 Å². The van der Waals surface area contributed by atoms with Crippen molar-refractivity contribution in [1.82, 2.24) is 0 Å². The van der Waals surface area contributed by atoms with Gasteiger partial charge in [-0.05, 0) is 43.0 Å². The Labute approximate surface area is 133 Å². The van der Waals surface area contributed by atoms with Crippen LogP contribution in [0.5, 0.6) is 0 Å². The van der Waals surface area contributed by atoms with Crippen molar-refractivity contribution in [2.75, 3.05) is 11.9 Å². The smallest absolute Gasteiger partial charge is 0.253 e. The average Bonchev–Trinajstić information content (AvgIpc) is 3.00. The van der Waals surface area contributed by atoms with Crippen molar-refractivity contribution >= 4 is 33.3 Å². The minimum Gasteiger partial charge on any atom is -0.368 e. The second-order valence-corrected chi connectivity index (χ2v) is 6.56. The number of ether oxygens (including phenoxy) is 1. The summed E-state index contributed by atoms with van der Waals surface area (Å²) in [6.07, 6.45) is 1.34. The van der Waals surface area contributed by atoms with E-state index in [0.29, 0.717) is 17.9 Å². The first-order valence-electron chi connectivity index (χ1n) is 7.20. The second kappa shape index (κ2) is 7.18. The molecule has 1 aromatic rings. The SMILES string of the molecule is CC(C)C(Br)C(=O)c1ccc(NC(=O)C2CCCO2)cc1. The molecule has 2 unspecified atom stereocenters. The molecule has 0 saturated carbocycles. The van der Waals surface area contributed by atoms with Crippen molar-refractivity contribution in [3.05, 3.63) is 29.8 Å². The van der Waals surface area contributed by atoms with E-state index in [2.05, 4.69) is 21.2 Å². The number of hydrogen-bond acceptors (Lipinski definition) is 3. The molecule has 1 aromatic carbocycles. The van der Waals surface area contributed by atoms with Gasteiger partial charge in [-0.3, -0.25) is 9.59 Å². The summed E-state index contributed by atoms with van der Waals surface area (Å²) < 4.78 is 5.33. The van der Waals surface area contributed by atoms with Crippen molar-refractivity contribution in [3.8, 4) is 0 Å². The normalized spacial score (nSPS) is 19.5. The van der Waals surface area contributed by atoms with Gasteiger partial charge in [0.2, 0.25) is 0 Å². The van der Waals surface area contributed by atoms with E-state index >= 15 is 0 Å². The van der Waals surface area contributed by atoms with Gasteiger partial charge < -0.3 is 10.1 Å². The summed E-state index contributed by atoms with van der Waals surface area (Å²) in [5.74, 6) is 0.172. The summed E-state index contributed by atoms with van der Waals surface area (Å²) in [7, 11) is 0. The average molecular weight is 354 g/mol. The fourth-order valence-electron chi connectivity index (χ4n) is 2.19. The lowest BCUT2D eigenvalue weighted by atomic mass is 10.0. The van der Waals surface area contributed by atoms with Gasteiger partial charge in [-0.15, -0.1) is 0 Å². The molecule has 1 N–H and O–H groups in total. The van der Waals surface area contributed by atoms with Gasteiger partial charge in [-0.2, -0.15) is 0 Å². The minimum atomic E-state index is -0.348. The fourth-order valence-corrected chi connectivity index (χ4v) is 2.45. The second-order valence-electron chi connectivity index (χ2n) is 5.58. The molecule has 1 heterocycles. The molecule has 2 rings (SSSR count). The highest BCUT2D eigenvalue weighted by molar-refractivity contribution is 9.10. The number of anilines is 1. The third-order valence-electron chi connectivity index (χ3n) is 3.49. The standard InChI is InChI=1S/C16H20BrNO3/c1-10(2)14(17)15(19)11-5-7-12(8-6-11)18-16(20)13-4-3-9-21-13/h5-8,10,13-14H,3-4,9H2,1-2H3,(H,18,20). The van der Waals surface area contributed by atoms with Gasteiger partial charge in [-0.1, -0.05) is 29.8 Å². The maximum atomic E-state index is 12.2. The van der Waals surface area contributed by atoms with Crippen molar-refractivity contribution < 1.29 is 14.3 Å². The summed E-state index contributed by atoms with van der Waals surface area (Å²) in [5, 5.41) is 2.82. The van der Waals surface area contributed by atoms with Crippen LogP contribution < -0.4 is 5.32 Å². The quantitative estimate of drug-likeness (QED) is 0.651. The van der Waals surface area contributed by atoms with Crippen LogP contribution in [0, 0.1) is 5.92 Å². The molecule has 4 nitrogen and oxygen atoms in total. The van der Waals surface area contributed by atoms with Crippen LogP contribution in [0.2, 0.25) is 0 Å². The Hall–Kier alpha value is -1.20. The van der Waals surface area contributed by atoms with Gasteiger partial charge in [0, 0.05) is 17.9 Å². The highest BCUT2D eigenvalue weighted by atomic mass is 79.9. The maximum absolute atomic E-state index is 12.2. The van der Waals surface area contributed by atoms with Gasteiger partial charge in [0.05, 0.1) is 4.83 Å². The number of benzene rings is 1. The van der Waals surface area contributed by atoms with Crippen LogP contribution >= 0.6 is 15.9 Å². The Balaban J connectivity index is 1.98. The zero-order chi connectivity index (χ0) is 15.4. The van der Waals surface area contributed by atoms with Gasteiger partial charge >= 0.3 is 0 Å². The molecule has 21 heavy (non-hydrogen) atoms. The Morgan fingerprint density at radius 3 is 2.48 bits per heavy atom. The summed E-state index contributed by atoms with van der Waals surface area (Å²) in [6, 6.07) is 6.98. The summed E-state index contributed by atoms with van der Waals surface area (Å²) in [5.41, 5.74) is 1.32. The number of amides is 1. The first-order chi connectivity index (χ1) is 9.99. The lowest BCUT2D eigenvalue weighted by molar-refractivity contribution is -0.124. The fraction of sp³-hybridized carbons (Fsp3) is 0.500. The van der Waals surface area contributed by atoms with E-state index in [1.165, 1.54) is 0 Å². The number of alkyl halides is 1. The lowest BCUT2D eigenvalue weighted by Gasteiger charge is -2.13. The van der Waals surface area contributed by atoms with Crippen molar-refractivity contribution in [2.45, 2.75) is 37.6 Å². The van der Waals surface area contributed by atoms with E-state index in [1.807, 2.05) is 13.8 Å². The van der Waals surface area contributed by atoms with Crippen molar-refractivity contribution in [2.24, 2.45) is 5.92 Å². The highest BCUT2D eigenvalue weighted by Gasteiger charge is 2.24. The molecule has 1 amide bonds. The summed E-state index contributed by atoms with van der Waals surface area (Å²) in [6.45, 7) is 4.63. The Kier molecular flexibility index (Phi) is 5.53. The Morgan fingerprint density at radius 1 is 1.29 bits per heavy atom. The van der Waals surface area contributed by atoms with Gasteiger partial charge in [0.15, 0.2) is 5.78 Å². The molecule has 5 heteroatoms. The number of nitrogens with one attached hydrogen (secondary N) is 1. The molecular weight excluding hydrogens is 334 g/mol. The first-order valence-corrected chi connectivity index (χ1v) is 8.11. The number of rotatable bonds is 5. The number of hydrogen-bond donors (Lipinski definition) is 1. The summed E-state index contributed by atoms with van der Waals surface area (Å²) >= 11 is 3.41. The molecule has 0 aliphatic carbocycles. The molecule has 0 bridgehead atoms. The predicted molar refractivity (Wildman–Crippen MR) is 85.9 cm³/mol. The maximum Gasteiger partial charge on any atom is 0.253 e. The number of Topliss-reactive ketones (excluding diaryl/α,β-unsaturated/α-hetero) is 1. The Bertz CT molecular complexity index is 507. The van der Waals surface area contributed by atoms with E-state index in [1.54, 1.807) is 24.3 Å². The number of carbonyl (C=O) groups excluding carboxylic acids is 2. The Morgan fingerprint density at radius 2 is 1.95 bits per heavy atom. The molecule has 1 fully saturated rings. The topological polar surface area (TPSA) is 55.4 Å². The molecule has 0 radical (unpaired) electrons. The lowest BCUT2D eigenvalue weighted by Crippen LogP contribution is -2.26. The molecule has 0 aromatic heterocycles. The third kappa shape index (κ3) is 4.14. The molecule has 114 valence electrons.